The molecule has 0 radical (unpaired) electrons. The zero-order valence-electron chi connectivity index (χ0n) is 5.42. The quantitative estimate of drug-likeness (QED) is 0.500. The van der Waals surface area contributed by atoms with E-state index >= 15 is 0 Å². The summed E-state index contributed by atoms with van der Waals surface area (Å²) in [4.78, 5) is 3.98. The van der Waals surface area contributed by atoms with Crippen molar-refractivity contribution >= 4 is 29.6 Å². The van der Waals surface area contributed by atoms with Gasteiger partial charge in [-0.05, 0) is 6.92 Å². The first-order valence-corrected chi connectivity index (χ1v) is 3.34. The van der Waals surface area contributed by atoms with Crippen LogP contribution in [0.3, 0.4) is 0 Å². The van der Waals surface area contributed by atoms with Gasteiger partial charge in [0.1, 0.15) is 11.5 Å². The highest BCUT2D eigenvalue weighted by Gasteiger charge is 1.98. The minimum absolute atomic E-state index is 0. The third-order valence-electron chi connectivity index (χ3n) is 0.895. The van der Waals surface area contributed by atoms with Crippen LogP contribution < -0.4 is 5.73 Å². The fraction of sp³-hybridized carbons (Fsp3) is 0.200. The van der Waals surface area contributed by atoms with Gasteiger partial charge in [0.15, 0.2) is 0 Å². The van der Waals surface area contributed by atoms with Crippen molar-refractivity contribution in [2.75, 3.05) is 0 Å². The molecule has 0 saturated heterocycles. The number of amidine groups is 1. The van der Waals surface area contributed by atoms with E-state index in [0.29, 0.717) is 5.69 Å². The minimum Gasteiger partial charge on any atom is -0.382 e. The average Bonchev–Trinajstić information content (AvgIpc) is 2.14. The molecular formula is C5H8ClN3S. The Hall–Kier alpha value is -0.610. The van der Waals surface area contributed by atoms with Crippen LogP contribution in [-0.2, 0) is 0 Å². The summed E-state index contributed by atoms with van der Waals surface area (Å²) in [5.74, 6) is 0.0411. The van der Waals surface area contributed by atoms with Crippen molar-refractivity contribution in [3.8, 4) is 0 Å². The summed E-state index contributed by atoms with van der Waals surface area (Å²) in [5, 5.41) is 9.69. The topological polar surface area (TPSA) is 62.8 Å². The molecule has 0 saturated carbocycles. The van der Waals surface area contributed by atoms with Crippen LogP contribution >= 0.6 is 23.7 Å². The molecule has 0 aliphatic heterocycles. The maximum absolute atomic E-state index is 6.97. The van der Waals surface area contributed by atoms with Crippen LogP contribution in [0.4, 0.5) is 0 Å². The molecule has 3 N–H and O–H groups in total. The Kier molecular flexibility index (Phi) is 3.32. The van der Waals surface area contributed by atoms with E-state index in [1.807, 2.05) is 6.92 Å². The first-order valence-electron chi connectivity index (χ1n) is 2.46. The normalized spacial score (nSPS) is 8.50. The standard InChI is InChI=1S/C5H7N3S.ClH/c1-3-8-4(2-9-3)5(6)7;/h2H,1H3,(H3,6,7);1H. The van der Waals surface area contributed by atoms with Crippen LogP contribution in [0, 0.1) is 12.3 Å². The molecule has 0 atom stereocenters. The number of aromatic nitrogens is 1. The second-order valence-corrected chi connectivity index (χ2v) is 2.73. The first kappa shape index (κ1) is 9.39. The maximum atomic E-state index is 6.97. The van der Waals surface area contributed by atoms with Gasteiger partial charge in [-0.15, -0.1) is 23.7 Å². The third kappa shape index (κ3) is 1.97. The lowest BCUT2D eigenvalue weighted by molar-refractivity contribution is 1.25. The largest absolute Gasteiger partial charge is 0.382 e. The zero-order chi connectivity index (χ0) is 6.85. The second-order valence-electron chi connectivity index (χ2n) is 1.67. The molecule has 1 rings (SSSR count). The number of nitrogens with one attached hydrogen (secondary N) is 1. The molecule has 0 bridgehead atoms. The van der Waals surface area contributed by atoms with Crippen molar-refractivity contribution in [2.24, 2.45) is 5.73 Å². The van der Waals surface area contributed by atoms with Crippen LogP contribution in [0.15, 0.2) is 5.38 Å². The van der Waals surface area contributed by atoms with Crippen molar-refractivity contribution in [2.45, 2.75) is 6.92 Å². The van der Waals surface area contributed by atoms with Gasteiger partial charge in [-0.25, -0.2) is 4.98 Å². The highest BCUT2D eigenvalue weighted by atomic mass is 35.5. The summed E-state index contributed by atoms with van der Waals surface area (Å²) >= 11 is 1.50. The van der Waals surface area contributed by atoms with Gasteiger partial charge in [0, 0.05) is 5.38 Å². The summed E-state index contributed by atoms with van der Waals surface area (Å²) < 4.78 is 0. The van der Waals surface area contributed by atoms with Gasteiger partial charge in [0.25, 0.3) is 0 Å². The molecular weight excluding hydrogens is 170 g/mol. The van der Waals surface area contributed by atoms with E-state index in [0.717, 1.165) is 5.01 Å². The van der Waals surface area contributed by atoms with E-state index in [2.05, 4.69) is 4.98 Å². The van der Waals surface area contributed by atoms with Crippen LogP contribution in [-0.4, -0.2) is 10.8 Å². The Labute approximate surface area is 69.2 Å². The molecule has 3 nitrogen and oxygen atoms in total. The van der Waals surface area contributed by atoms with Crippen molar-refractivity contribution in [1.82, 2.24) is 4.98 Å². The van der Waals surface area contributed by atoms with Gasteiger partial charge in [-0.2, -0.15) is 0 Å². The van der Waals surface area contributed by atoms with Gasteiger partial charge in [0.05, 0.1) is 5.01 Å². The fourth-order valence-corrected chi connectivity index (χ4v) is 1.10. The maximum Gasteiger partial charge on any atom is 0.142 e. The van der Waals surface area contributed by atoms with Crippen LogP contribution in [0.2, 0.25) is 0 Å². The predicted octanol–water partition coefficient (Wildman–Crippen LogP) is 1.16. The summed E-state index contributed by atoms with van der Waals surface area (Å²) in [6.45, 7) is 1.89. The van der Waals surface area contributed by atoms with E-state index in [4.69, 9.17) is 11.1 Å². The van der Waals surface area contributed by atoms with E-state index in [-0.39, 0.29) is 18.2 Å². The van der Waals surface area contributed by atoms with E-state index < -0.39 is 0 Å². The third-order valence-corrected chi connectivity index (χ3v) is 1.67. The highest BCUT2D eigenvalue weighted by molar-refractivity contribution is 7.09. The highest BCUT2D eigenvalue weighted by Crippen LogP contribution is 2.05. The van der Waals surface area contributed by atoms with Crippen molar-refractivity contribution in [3.63, 3.8) is 0 Å². The Morgan fingerprint density at radius 1 is 1.80 bits per heavy atom. The average molecular weight is 178 g/mol. The summed E-state index contributed by atoms with van der Waals surface area (Å²) in [6.07, 6.45) is 0. The lowest BCUT2D eigenvalue weighted by atomic mass is 10.5. The van der Waals surface area contributed by atoms with Crippen molar-refractivity contribution < 1.29 is 0 Å². The first-order chi connectivity index (χ1) is 4.20. The molecule has 0 aliphatic rings. The van der Waals surface area contributed by atoms with E-state index in [9.17, 15) is 0 Å². The van der Waals surface area contributed by atoms with E-state index in [1.54, 1.807) is 5.38 Å². The van der Waals surface area contributed by atoms with Gasteiger partial charge < -0.3 is 5.73 Å². The van der Waals surface area contributed by atoms with Crippen molar-refractivity contribution in [1.29, 1.82) is 5.41 Å². The molecule has 0 fully saturated rings. The van der Waals surface area contributed by atoms with Gasteiger partial charge in [-0.3, -0.25) is 5.41 Å². The molecule has 5 heteroatoms. The Morgan fingerprint density at radius 2 is 2.40 bits per heavy atom. The molecule has 56 valence electrons. The molecule has 1 aromatic rings. The van der Waals surface area contributed by atoms with E-state index in [1.165, 1.54) is 11.3 Å². The monoisotopic (exact) mass is 177 g/mol. The summed E-state index contributed by atoms with van der Waals surface area (Å²) in [5.41, 5.74) is 5.74. The summed E-state index contributed by atoms with van der Waals surface area (Å²) in [7, 11) is 0. The molecule has 0 aromatic carbocycles. The number of nitrogens with zero attached hydrogens (tertiary/aromatic N) is 1. The van der Waals surface area contributed by atoms with Gasteiger partial charge >= 0.3 is 0 Å². The van der Waals surface area contributed by atoms with Gasteiger partial charge in [-0.1, -0.05) is 0 Å². The van der Waals surface area contributed by atoms with Crippen LogP contribution in [0.1, 0.15) is 10.7 Å². The number of hydrogen-bond donors (Lipinski definition) is 2. The van der Waals surface area contributed by atoms with Gasteiger partial charge in [0.2, 0.25) is 0 Å². The minimum atomic E-state index is 0. The smallest absolute Gasteiger partial charge is 0.142 e. The molecule has 1 aromatic heterocycles. The number of thiazole rings is 1. The molecule has 0 aliphatic carbocycles. The fourth-order valence-electron chi connectivity index (χ4n) is 0.487. The molecule has 0 amide bonds. The predicted molar refractivity (Wildman–Crippen MR) is 45.1 cm³/mol. The van der Waals surface area contributed by atoms with Crippen molar-refractivity contribution in [3.05, 3.63) is 16.1 Å². The summed E-state index contributed by atoms with van der Waals surface area (Å²) in [6, 6.07) is 0. The number of aryl methyl sites for hydroxylation is 1. The number of nitrogens with two attached hydrogens (primary N) is 1. The SMILES string of the molecule is Cc1nc(C(=N)N)cs1.Cl. The number of hydrogen-bond acceptors (Lipinski definition) is 3. The Morgan fingerprint density at radius 3 is 2.60 bits per heavy atom. The number of nitrogen functional groups attached to an aromatic ring is 1. The van der Waals surface area contributed by atoms with Crippen LogP contribution in [0.5, 0.6) is 0 Å². The Balaban J connectivity index is 0.000000810. The lowest BCUT2D eigenvalue weighted by Gasteiger charge is -1.85. The zero-order valence-corrected chi connectivity index (χ0v) is 7.05. The van der Waals surface area contributed by atoms with Crippen LogP contribution in [0.25, 0.3) is 0 Å². The molecule has 0 spiro atoms. The lowest BCUT2D eigenvalue weighted by Crippen LogP contribution is -2.11. The number of rotatable bonds is 1. The molecule has 1 heterocycles. The second kappa shape index (κ2) is 3.53. The number of halogens is 1. The molecule has 0 unspecified atom stereocenters. The molecule has 10 heavy (non-hydrogen) atoms. The Bertz CT molecular complexity index is 233.